The molecule has 0 fully saturated rings. The van der Waals surface area contributed by atoms with Gasteiger partial charge < -0.3 is 4.74 Å². The second-order valence-corrected chi connectivity index (χ2v) is 11.3. The highest BCUT2D eigenvalue weighted by Crippen LogP contribution is 2.42. The third-order valence-electron chi connectivity index (χ3n) is 3.73. The van der Waals surface area contributed by atoms with Gasteiger partial charge in [0.15, 0.2) is 9.49 Å². The van der Waals surface area contributed by atoms with E-state index >= 15 is 0 Å². The molecule has 0 spiro atoms. The molecule has 142 valence electrons. The molecule has 26 heavy (non-hydrogen) atoms. The number of aromatic nitrogens is 1. The molecule has 0 bridgehead atoms. The highest BCUT2D eigenvalue weighted by molar-refractivity contribution is 8.14. The normalized spacial score (nSPS) is 12.3. The van der Waals surface area contributed by atoms with E-state index < -0.39 is 5.30 Å². The Kier molecular flexibility index (Phi) is 6.39. The van der Waals surface area contributed by atoms with E-state index in [2.05, 4.69) is 65.6 Å². The number of thioether (sulfide) groups is 1. The maximum absolute atomic E-state index is 12.6. The quantitative estimate of drug-likeness (QED) is 0.361. The van der Waals surface area contributed by atoms with Crippen molar-refractivity contribution >= 4 is 51.6 Å². The number of carbonyl (C=O) groups excluding carboxylic acids is 1. The van der Waals surface area contributed by atoms with E-state index in [-0.39, 0.29) is 16.0 Å². The number of benzene rings is 1. The van der Waals surface area contributed by atoms with Crippen LogP contribution in [0.2, 0.25) is 9.49 Å². The molecule has 0 saturated heterocycles. The van der Waals surface area contributed by atoms with Gasteiger partial charge in [-0.15, -0.1) is 0 Å². The van der Waals surface area contributed by atoms with Gasteiger partial charge in [-0.1, -0.05) is 93.8 Å². The fraction of sp³-hybridized carbons (Fsp3) is 0.474. The van der Waals surface area contributed by atoms with Crippen molar-refractivity contribution in [3.63, 3.8) is 0 Å². The molecule has 0 saturated carbocycles. The third-order valence-corrected chi connectivity index (χ3v) is 6.28. The molecule has 0 aliphatic rings. The molecule has 0 unspecified atom stereocenters. The van der Waals surface area contributed by atoms with E-state index in [9.17, 15) is 4.79 Å². The first kappa shape index (κ1) is 21.5. The Morgan fingerprint density at radius 2 is 1.58 bits per heavy atom. The summed E-state index contributed by atoms with van der Waals surface area (Å²) in [6.45, 7) is 14.7. The predicted molar refractivity (Wildman–Crippen MR) is 113 cm³/mol. The molecule has 0 aliphatic heterocycles. The Morgan fingerprint density at radius 1 is 1.08 bits per heavy atom. The van der Waals surface area contributed by atoms with Crippen LogP contribution in [0, 0.1) is 6.92 Å². The summed E-state index contributed by atoms with van der Waals surface area (Å²) in [4.78, 5) is 16.6. The molecule has 0 N–H and O–H groups in total. The minimum atomic E-state index is -0.452. The summed E-state index contributed by atoms with van der Waals surface area (Å²) in [5.41, 5.74) is 2.82. The number of aryl methyl sites for hydroxylation is 1. The van der Waals surface area contributed by atoms with Gasteiger partial charge in [0.25, 0.3) is 0 Å². The first-order valence-corrected chi connectivity index (χ1v) is 10.5. The number of hydrogen-bond donors (Lipinski definition) is 0. The molecule has 3 nitrogen and oxygen atoms in total. The van der Waals surface area contributed by atoms with Crippen molar-refractivity contribution in [2.75, 3.05) is 0 Å². The lowest BCUT2D eigenvalue weighted by atomic mass is 9.78. The lowest BCUT2D eigenvalue weighted by Crippen LogP contribution is -2.21. The molecule has 0 atom stereocenters. The Morgan fingerprint density at radius 3 is 1.96 bits per heavy atom. The second kappa shape index (κ2) is 7.70. The summed E-state index contributed by atoms with van der Waals surface area (Å²) < 4.78 is 6.67. The van der Waals surface area contributed by atoms with E-state index in [1.165, 1.54) is 0 Å². The zero-order chi connectivity index (χ0) is 19.9. The average molecular weight is 432 g/mol. The second-order valence-electron chi connectivity index (χ2n) is 8.19. The largest absolute Gasteiger partial charge is 0.417 e. The standard InChI is InChI=1S/C19H23Cl2NO2S2/c1-10-8-11(18(2,3)4)13(12(9-10)19(5,6)7)24-17(23)26-16-22-14(20)15(21)25-16/h8-9H,1-7H3. The molecule has 1 heterocycles. The monoisotopic (exact) mass is 431 g/mol. The van der Waals surface area contributed by atoms with Gasteiger partial charge >= 0.3 is 5.30 Å². The summed E-state index contributed by atoms with van der Waals surface area (Å²) >= 11 is 13.8. The van der Waals surface area contributed by atoms with Gasteiger partial charge in [-0.25, -0.2) is 9.78 Å². The van der Waals surface area contributed by atoms with Gasteiger partial charge in [-0.2, -0.15) is 0 Å². The van der Waals surface area contributed by atoms with Gasteiger partial charge in [-0.05, 0) is 17.8 Å². The molecule has 0 aliphatic carbocycles. The first-order valence-electron chi connectivity index (χ1n) is 8.16. The summed E-state index contributed by atoms with van der Waals surface area (Å²) in [6.07, 6.45) is 0. The number of carbonyl (C=O) groups is 1. The smallest absolute Gasteiger partial charge is 0.379 e. The third kappa shape index (κ3) is 5.16. The Bertz CT molecular complexity index is 779. The van der Waals surface area contributed by atoms with Gasteiger partial charge in [-0.3, -0.25) is 0 Å². The molecule has 7 heteroatoms. The van der Waals surface area contributed by atoms with Crippen molar-refractivity contribution in [1.29, 1.82) is 0 Å². The molecule has 2 rings (SSSR count). The van der Waals surface area contributed by atoms with E-state index in [1.807, 2.05) is 0 Å². The molecule has 1 aromatic carbocycles. The fourth-order valence-electron chi connectivity index (χ4n) is 2.48. The van der Waals surface area contributed by atoms with Crippen LogP contribution < -0.4 is 4.74 Å². The summed E-state index contributed by atoms with van der Waals surface area (Å²) in [5.74, 6) is 0.627. The molecular formula is C19H23Cl2NO2S2. The maximum atomic E-state index is 12.6. The van der Waals surface area contributed by atoms with Gasteiger partial charge in [0.05, 0.1) is 0 Å². The summed E-state index contributed by atoms with van der Waals surface area (Å²) in [7, 11) is 0. The van der Waals surface area contributed by atoms with Crippen LogP contribution in [0.5, 0.6) is 5.75 Å². The molecular weight excluding hydrogens is 409 g/mol. The lowest BCUT2D eigenvalue weighted by Gasteiger charge is -2.29. The van der Waals surface area contributed by atoms with Crippen molar-refractivity contribution in [1.82, 2.24) is 4.98 Å². The Hall–Kier alpha value is -0.750. The lowest BCUT2D eigenvalue weighted by molar-refractivity contribution is 0.225. The van der Waals surface area contributed by atoms with E-state index in [4.69, 9.17) is 27.9 Å². The number of thiazole rings is 1. The number of ether oxygens (including phenoxy) is 1. The van der Waals surface area contributed by atoms with Crippen LogP contribution in [0.3, 0.4) is 0 Å². The highest BCUT2D eigenvalue weighted by Gasteiger charge is 2.29. The molecule has 1 aromatic heterocycles. The van der Waals surface area contributed by atoms with Gasteiger partial charge in [0, 0.05) is 22.9 Å². The van der Waals surface area contributed by atoms with Gasteiger partial charge in [0.1, 0.15) is 10.1 Å². The van der Waals surface area contributed by atoms with E-state index in [0.29, 0.717) is 14.4 Å². The number of nitrogens with zero attached hydrogens (tertiary/aromatic N) is 1. The Labute approximate surface area is 173 Å². The van der Waals surface area contributed by atoms with Crippen molar-refractivity contribution in [3.8, 4) is 5.75 Å². The van der Waals surface area contributed by atoms with Crippen LogP contribution in [0.25, 0.3) is 0 Å². The van der Waals surface area contributed by atoms with Crippen LogP contribution in [0.15, 0.2) is 16.5 Å². The van der Waals surface area contributed by atoms with E-state index in [0.717, 1.165) is 39.8 Å². The van der Waals surface area contributed by atoms with Crippen molar-refractivity contribution in [2.45, 2.75) is 63.6 Å². The molecule has 0 amide bonds. The Balaban J connectivity index is 2.44. The van der Waals surface area contributed by atoms with Crippen LogP contribution in [-0.4, -0.2) is 10.3 Å². The predicted octanol–water partition coefficient (Wildman–Crippen LogP) is 7.64. The first-order chi connectivity index (χ1) is 11.8. The highest BCUT2D eigenvalue weighted by atomic mass is 35.5. The van der Waals surface area contributed by atoms with Crippen molar-refractivity contribution in [2.24, 2.45) is 0 Å². The minimum absolute atomic E-state index is 0.167. The SMILES string of the molecule is Cc1cc(C(C)(C)C)c(OC(=O)Sc2nc(Cl)c(Cl)s2)c(C(C)(C)C)c1. The van der Waals surface area contributed by atoms with E-state index in [1.54, 1.807) is 0 Å². The van der Waals surface area contributed by atoms with Gasteiger partial charge in [0.2, 0.25) is 0 Å². The zero-order valence-electron chi connectivity index (χ0n) is 16.0. The van der Waals surface area contributed by atoms with Crippen molar-refractivity contribution < 1.29 is 9.53 Å². The summed E-state index contributed by atoms with van der Waals surface area (Å²) in [5, 5.41) is -0.250. The maximum Gasteiger partial charge on any atom is 0.379 e. The number of rotatable bonds is 2. The zero-order valence-corrected chi connectivity index (χ0v) is 19.1. The van der Waals surface area contributed by atoms with Crippen LogP contribution >= 0.6 is 46.3 Å². The minimum Gasteiger partial charge on any atom is -0.417 e. The van der Waals surface area contributed by atoms with Crippen molar-refractivity contribution in [3.05, 3.63) is 38.3 Å². The topological polar surface area (TPSA) is 39.2 Å². The average Bonchev–Trinajstić information content (AvgIpc) is 2.76. The molecule has 2 aromatic rings. The number of hydrogen-bond acceptors (Lipinski definition) is 5. The summed E-state index contributed by atoms with van der Waals surface area (Å²) in [6, 6.07) is 4.17. The molecule has 0 radical (unpaired) electrons. The van der Waals surface area contributed by atoms with Crippen LogP contribution in [0.1, 0.15) is 58.2 Å². The fourth-order valence-corrected chi connectivity index (χ4v) is 4.63. The van der Waals surface area contributed by atoms with Crippen LogP contribution in [-0.2, 0) is 10.8 Å². The van der Waals surface area contributed by atoms with Crippen LogP contribution in [0.4, 0.5) is 4.79 Å². The number of halogens is 2.